The van der Waals surface area contributed by atoms with Gasteiger partial charge in [0.25, 0.3) is 10.0 Å². The van der Waals surface area contributed by atoms with Crippen LogP contribution in [-0.2, 0) is 19.5 Å². The summed E-state index contributed by atoms with van der Waals surface area (Å²) in [6, 6.07) is 5.29. The number of nitrogens with one attached hydrogen (secondary N) is 1. The lowest BCUT2D eigenvalue weighted by molar-refractivity contribution is 0.0600. The SMILES string of the molecule is C=C(NS(=O)(=O)c1ccc(C(=O)OC)cc1)OC. The lowest BCUT2D eigenvalue weighted by atomic mass is 10.2. The van der Waals surface area contributed by atoms with Crippen LogP contribution in [0.4, 0.5) is 0 Å². The molecule has 1 aromatic carbocycles. The first kappa shape index (κ1) is 14.0. The summed E-state index contributed by atoms with van der Waals surface area (Å²) in [5, 5.41) is 0. The fraction of sp³-hybridized carbons (Fsp3) is 0.182. The number of hydrogen-bond acceptors (Lipinski definition) is 5. The Hall–Kier alpha value is -2.02. The quantitative estimate of drug-likeness (QED) is 0.634. The third-order valence-corrected chi connectivity index (χ3v) is 3.47. The van der Waals surface area contributed by atoms with E-state index in [4.69, 9.17) is 0 Å². The Morgan fingerprint density at radius 2 is 1.72 bits per heavy atom. The van der Waals surface area contributed by atoms with Crippen LogP contribution in [0.5, 0.6) is 0 Å². The van der Waals surface area contributed by atoms with E-state index in [0.29, 0.717) is 0 Å². The van der Waals surface area contributed by atoms with Crippen LogP contribution in [0.2, 0.25) is 0 Å². The van der Waals surface area contributed by atoms with Crippen LogP contribution in [-0.4, -0.2) is 28.6 Å². The molecule has 98 valence electrons. The van der Waals surface area contributed by atoms with Crippen molar-refractivity contribution in [2.45, 2.75) is 4.90 Å². The van der Waals surface area contributed by atoms with Gasteiger partial charge in [-0.05, 0) is 30.8 Å². The molecule has 0 aliphatic rings. The highest BCUT2D eigenvalue weighted by Crippen LogP contribution is 2.12. The average molecular weight is 271 g/mol. The predicted molar refractivity (Wildman–Crippen MR) is 64.3 cm³/mol. The van der Waals surface area contributed by atoms with E-state index in [-0.39, 0.29) is 16.3 Å². The minimum absolute atomic E-state index is 0.00615. The number of rotatable bonds is 5. The van der Waals surface area contributed by atoms with Gasteiger partial charge in [-0.25, -0.2) is 13.2 Å². The minimum atomic E-state index is -3.75. The van der Waals surface area contributed by atoms with Crippen molar-refractivity contribution in [1.29, 1.82) is 0 Å². The molecule has 0 unspecified atom stereocenters. The maximum absolute atomic E-state index is 11.8. The van der Waals surface area contributed by atoms with Gasteiger partial charge in [-0.15, -0.1) is 0 Å². The number of methoxy groups -OCH3 is 2. The molecule has 0 aliphatic carbocycles. The molecule has 0 aromatic heterocycles. The van der Waals surface area contributed by atoms with Gasteiger partial charge in [0.05, 0.1) is 24.7 Å². The summed E-state index contributed by atoms with van der Waals surface area (Å²) >= 11 is 0. The highest BCUT2D eigenvalue weighted by molar-refractivity contribution is 7.89. The van der Waals surface area contributed by atoms with Crippen LogP contribution in [0, 0.1) is 0 Å². The summed E-state index contributed by atoms with van der Waals surface area (Å²) in [6.07, 6.45) is 0. The van der Waals surface area contributed by atoms with Crippen LogP contribution in [0.25, 0.3) is 0 Å². The summed E-state index contributed by atoms with van der Waals surface area (Å²) < 4.78 is 34.8. The highest BCUT2D eigenvalue weighted by Gasteiger charge is 2.15. The van der Waals surface area contributed by atoms with Crippen LogP contribution < -0.4 is 4.72 Å². The molecule has 0 aliphatic heterocycles. The smallest absolute Gasteiger partial charge is 0.337 e. The van der Waals surface area contributed by atoms with Gasteiger partial charge in [0, 0.05) is 0 Å². The first-order valence-corrected chi connectivity index (χ1v) is 6.33. The topological polar surface area (TPSA) is 81.7 Å². The second-order valence-corrected chi connectivity index (χ2v) is 4.93. The van der Waals surface area contributed by atoms with Crippen molar-refractivity contribution in [3.63, 3.8) is 0 Å². The zero-order chi connectivity index (χ0) is 13.8. The molecule has 1 rings (SSSR count). The van der Waals surface area contributed by atoms with Crippen molar-refractivity contribution in [2.24, 2.45) is 0 Å². The number of ether oxygens (including phenoxy) is 2. The van der Waals surface area contributed by atoms with Crippen molar-refractivity contribution < 1.29 is 22.7 Å². The summed E-state index contributed by atoms with van der Waals surface area (Å²) in [7, 11) is -1.20. The van der Waals surface area contributed by atoms with E-state index in [0.717, 1.165) is 0 Å². The monoisotopic (exact) mass is 271 g/mol. The largest absolute Gasteiger partial charge is 0.482 e. The van der Waals surface area contributed by atoms with Crippen LogP contribution >= 0.6 is 0 Å². The normalized spacial score (nSPS) is 10.6. The first-order chi connectivity index (χ1) is 8.40. The average Bonchev–Trinajstić information content (AvgIpc) is 2.37. The molecule has 1 aromatic rings. The molecule has 0 spiro atoms. The number of carbonyl (C=O) groups excluding carboxylic acids is 1. The Balaban J connectivity index is 2.98. The summed E-state index contributed by atoms with van der Waals surface area (Å²) in [5.74, 6) is -0.625. The molecule has 6 nitrogen and oxygen atoms in total. The van der Waals surface area contributed by atoms with Gasteiger partial charge in [0.1, 0.15) is 0 Å². The zero-order valence-corrected chi connectivity index (χ0v) is 10.8. The number of benzene rings is 1. The van der Waals surface area contributed by atoms with Crippen LogP contribution in [0.3, 0.4) is 0 Å². The summed E-state index contributed by atoms with van der Waals surface area (Å²) in [6.45, 7) is 3.36. The minimum Gasteiger partial charge on any atom is -0.482 e. The fourth-order valence-corrected chi connectivity index (χ4v) is 2.13. The Bertz CT molecular complexity index is 547. The lowest BCUT2D eigenvalue weighted by Crippen LogP contribution is -2.23. The Kier molecular flexibility index (Phi) is 4.33. The molecule has 7 heteroatoms. The molecule has 0 bridgehead atoms. The fourth-order valence-electron chi connectivity index (χ4n) is 1.14. The maximum Gasteiger partial charge on any atom is 0.337 e. The molecular weight excluding hydrogens is 258 g/mol. The highest BCUT2D eigenvalue weighted by atomic mass is 32.2. The van der Waals surface area contributed by atoms with Crippen LogP contribution in [0.15, 0.2) is 41.6 Å². The lowest BCUT2D eigenvalue weighted by Gasteiger charge is -2.09. The van der Waals surface area contributed by atoms with E-state index in [1.807, 2.05) is 0 Å². The molecular formula is C11H13NO5S. The van der Waals surface area contributed by atoms with Crippen molar-refractivity contribution in [1.82, 2.24) is 4.72 Å². The van der Waals surface area contributed by atoms with E-state index in [1.54, 1.807) is 0 Å². The van der Waals surface area contributed by atoms with Gasteiger partial charge in [0.15, 0.2) is 5.88 Å². The molecule has 0 fully saturated rings. The molecule has 0 saturated carbocycles. The number of esters is 1. The van der Waals surface area contributed by atoms with Gasteiger partial charge in [-0.2, -0.15) is 0 Å². The van der Waals surface area contributed by atoms with E-state index >= 15 is 0 Å². The van der Waals surface area contributed by atoms with Gasteiger partial charge in [-0.3, -0.25) is 4.72 Å². The number of hydrogen-bond donors (Lipinski definition) is 1. The van der Waals surface area contributed by atoms with E-state index in [9.17, 15) is 13.2 Å². The molecule has 0 heterocycles. The van der Waals surface area contributed by atoms with Crippen LogP contribution in [0.1, 0.15) is 10.4 Å². The third kappa shape index (κ3) is 3.24. The van der Waals surface area contributed by atoms with E-state index in [2.05, 4.69) is 20.8 Å². The molecule has 0 atom stereocenters. The summed E-state index contributed by atoms with van der Waals surface area (Å²) in [5.41, 5.74) is 0.266. The standard InChI is InChI=1S/C11H13NO5S/c1-8(16-2)12-18(14,15)10-6-4-9(5-7-10)11(13)17-3/h4-7,12H,1H2,2-3H3. The molecule has 18 heavy (non-hydrogen) atoms. The Labute approximate surface area is 105 Å². The third-order valence-electron chi connectivity index (χ3n) is 2.08. The van der Waals surface area contributed by atoms with Gasteiger partial charge in [-0.1, -0.05) is 0 Å². The molecule has 0 amide bonds. The number of sulfonamides is 1. The Morgan fingerprint density at radius 3 is 2.17 bits per heavy atom. The van der Waals surface area contributed by atoms with Crippen molar-refractivity contribution >= 4 is 16.0 Å². The maximum atomic E-state index is 11.8. The van der Waals surface area contributed by atoms with E-state index < -0.39 is 16.0 Å². The molecule has 0 saturated heterocycles. The second kappa shape index (κ2) is 5.54. The van der Waals surface area contributed by atoms with Gasteiger partial charge >= 0.3 is 5.97 Å². The number of carbonyl (C=O) groups is 1. The second-order valence-electron chi connectivity index (χ2n) is 3.25. The molecule has 1 N–H and O–H groups in total. The first-order valence-electron chi connectivity index (χ1n) is 4.85. The van der Waals surface area contributed by atoms with Gasteiger partial charge in [0.2, 0.25) is 0 Å². The predicted octanol–water partition coefficient (Wildman–Crippen LogP) is 0.869. The summed E-state index contributed by atoms with van der Waals surface area (Å²) in [4.78, 5) is 11.2. The van der Waals surface area contributed by atoms with Gasteiger partial charge < -0.3 is 9.47 Å². The van der Waals surface area contributed by atoms with Crippen molar-refractivity contribution in [3.05, 3.63) is 42.3 Å². The molecule has 0 radical (unpaired) electrons. The van der Waals surface area contributed by atoms with E-state index in [1.165, 1.54) is 38.5 Å². The van der Waals surface area contributed by atoms with Crippen molar-refractivity contribution in [2.75, 3.05) is 14.2 Å². The van der Waals surface area contributed by atoms with Crippen molar-refractivity contribution in [3.8, 4) is 0 Å². The Morgan fingerprint density at radius 1 is 1.17 bits per heavy atom. The zero-order valence-electron chi connectivity index (χ0n) is 9.97.